The minimum absolute atomic E-state index is 0.0795. The summed E-state index contributed by atoms with van der Waals surface area (Å²) in [4.78, 5) is 24.3. The van der Waals surface area contributed by atoms with Gasteiger partial charge in [0, 0.05) is 23.0 Å². The van der Waals surface area contributed by atoms with Crippen LogP contribution in [-0.2, 0) is 20.4 Å². The van der Waals surface area contributed by atoms with Gasteiger partial charge in [-0.1, -0.05) is 33.8 Å². The van der Waals surface area contributed by atoms with Crippen LogP contribution in [0.4, 0.5) is 5.69 Å². The van der Waals surface area contributed by atoms with E-state index in [9.17, 15) is 13.8 Å². The Balaban J connectivity index is 2.79. The van der Waals surface area contributed by atoms with E-state index in [0.717, 1.165) is 0 Å². The molecule has 1 aromatic rings. The second-order valence-corrected chi connectivity index (χ2v) is 8.00. The van der Waals surface area contributed by atoms with E-state index >= 15 is 0 Å². The summed E-state index contributed by atoms with van der Waals surface area (Å²) in [6, 6.07) is 6.82. The van der Waals surface area contributed by atoms with Crippen molar-refractivity contribution in [2.24, 2.45) is 11.3 Å². The second kappa shape index (κ2) is 8.24. The third-order valence-electron chi connectivity index (χ3n) is 3.69. The molecular formula is C17H26N2O3S. The molecule has 5 nitrogen and oxygen atoms in total. The highest BCUT2D eigenvalue weighted by Crippen LogP contribution is 2.26. The molecule has 2 atom stereocenters. The van der Waals surface area contributed by atoms with Crippen molar-refractivity contribution in [3.05, 3.63) is 24.3 Å². The lowest BCUT2D eigenvalue weighted by Gasteiger charge is -2.26. The molecule has 0 aliphatic heterocycles. The topological polar surface area (TPSA) is 75.3 Å². The van der Waals surface area contributed by atoms with Gasteiger partial charge in [0.1, 0.15) is 5.75 Å². The number of carbonyl (C=O) groups excluding carboxylic acids is 2. The van der Waals surface area contributed by atoms with Crippen LogP contribution in [0.25, 0.3) is 0 Å². The maximum Gasteiger partial charge on any atom is 0.232 e. The highest BCUT2D eigenvalue weighted by atomic mass is 32.2. The highest BCUT2D eigenvalue weighted by Gasteiger charge is 2.26. The van der Waals surface area contributed by atoms with Gasteiger partial charge < -0.3 is 10.6 Å². The van der Waals surface area contributed by atoms with Gasteiger partial charge in [-0.2, -0.15) is 0 Å². The number of benzene rings is 1. The monoisotopic (exact) mass is 338 g/mol. The highest BCUT2D eigenvalue weighted by molar-refractivity contribution is 7.85. The Hall–Kier alpha value is -1.69. The van der Waals surface area contributed by atoms with Crippen LogP contribution in [0.3, 0.4) is 0 Å². The van der Waals surface area contributed by atoms with Crippen molar-refractivity contribution in [3.8, 4) is 0 Å². The van der Waals surface area contributed by atoms with Gasteiger partial charge in [0.05, 0.1) is 10.8 Å². The first kappa shape index (κ1) is 19.4. The zero-order chi connectivity index (χ0) is 17.6. The molecule has 0 spiro atoms. The smallest absolute Gasteiger partial charge is 0.232 e. The predicted octanol–water partition coefficient (Wildman–Crippen LogP) is 2.55. The fourth-order valence-corrected chi connectivity index (χ4v) is 2.81. The van der Waals surface area contributed by atoms with Crippen molar-refractivity contribution in [1.82, 2.24) is 5.32 Å². The average Bonchev–Trinajstić information content (AvgIpc) is 2.45. The Morgan fingerprint density at radius 1 is 1.26 bits per heavy atom. The van der Waals surface area contributed by atoms with Gasteiger partial charge in [-0.05, 0) is 30.5 Å². The number of carbonyl (C=O) groups is 2. The van der Waals surface area contributed by atoms with E-state index < -0.39 is 10.8 Å². The molecule has 23 heavy (non-hydrogen) atoms. The first-order valence-electron chi connectivity index (χ1n) is 7.71. The van der Waals surface area contributed by atoms with E-state index in [-0.39, 0.29) is 28.9 Å². The molecule has 0 saturated carbocycles. The molecular weight excluding hydrogens is 312 g/mol. The summed E-state index contributed by atoms with van der Waals surface area (Å²) < 4.78 is 12.2. The van der Waals surface area contributed by atoms with Crippen molar-refractivity contribution in [1.29, 1.82) is 0 Å². The van der Waals surface area contributed by atoms with Crippen LogP contribution in [0, 0.1) is 11.3 Å². The minimum atomic E-state index is -1.43. The molecule has 1 rings (SSSR count). The normalized spacial score (nSPS) is 14.0. The third kappa shape index (κ3) is 6.14. The van der Waals surface area contributed by atoms with Gasteiger partial charge in [-0.25, -0.2) is 0 Å². The molecule has 2 N–H and O–H groups in total. The van der Waals surface area contributed by atoms with Crippen LogP contribution in [-0.4, -0.2) is 28.3 Å². The largest absolute Gasteiger partial charge is 0.356 e. The number of nitrogens with one attached hydrogen (secondary N) is 2. The summed E-state index contributed by atoms with van der Waals surface area (Å²) in [6.45, 7) is 10.2. The first-order valence-corrected chi connectivity index (χ1v) is 9.03. The third-order valence-corrected chi connectivity index (χ3v) is 5.00. The molecule has 0 heterocycles. The summed E-state index contributed by atoms with van der Waals surface area (Å²) in [6.07, 6.45) is 0. The van der Waals surface area contributed by atoms with Crippen molar-refractivity contribution in [3.63, 3.8) is 0 Å². The molecule has 0 aliphatic carbocycles. The summed E-state index contributed by atoms with van der Waals surface area (Å²) in [5, 5.41) is 5.47. The number of hydrogen-bond donors (Lipinski definition) is 2. The predicted molar refractivity (Wildman–Crippen MR) is 93.6 cm³/mol. The average molecular weight is 338 g/mol. The van der Waals surface area contributed by atoms with Crippen LogP contribution in [0.15, 0.2) is 29.2 Å². The van der Waals surface area contributed by atoms with Crippen molar-refractivity contribution in [2.45, 2.75) is 39.5 Å². The Kier molecular flexibility index (Phi) is 6.94. The zero-order valence-electron chi connectivity index (χ0n) is 14.4. The molecule has 0 saturated heterocycles. The number of anilines is 1. The molecule has 6 heteroatoms. The van der Waals surface area contributed by atoms with Crippen LogP contribution < -0.4 is 10.6 Å². The quantitative estimate of drug-likeness (QED) is 0.837. The summed E-state index contributed by atoms with van der Waals surface area (Å²) in [5.74, 6) is -0.568. The lowest BCUT2D eigenvalue weighted by atomic mass is 9.81. The standard InChI is InChI=1S/C17H26N2O3S/c1-6-18-15(20)11-23(22)14-9-7-8-13(10-14)19-16(21)12(2)17(3,4)5/h7-10,12H,6,11H2,1-5H3,(H,18,20)(H,19,21). The van der Waals surface area contributed by atoms with Crippen molar-refractivity contribution < 1.29 is 13.8 Å². The van der Waals surface area contributed by atoms with Crippen LogP contribution in [0.1, 0.15) is 34.6 Å². The molecule has 0 radical (unpaired) electrons. The lowest BCUT2D eigenvalue weighted by molar-refractivity contribution is -0.122. The summed E-state index contributed by atoms with van der Waals surface area (Å²) in [7, 11) is -1.43. The van der Waals surface area contributed by atoms with E-state index in [1.54, 1.807) is 24.3 Å². The van der Waals surface area contributed by atoms with Crippen LogP contribution in [0.2, 0.25) is 0 Å². The molecule has 0 fully saturated rings. The SMILES string of the molecule is CCNC(=O)CS(=O)c1cccc(NC(=O)C(C)C(C)(C)C)c1. The zero-order valence-corrected chi connectivity index (χ0v) is 15.3. The van der Waals surface area contributed by atoms with Gasteiger partial charge in [-0.15, -0.1) is 0 Å². The van der Waals surface area contributed by atoms with Gasteiger partial charge in [-0.3, -0.25) is 13.8 Å². The lowest BCUT2D eigenvalue weighted by Crippen LogP contribution is -2.30. The maximum atomic E-state index is 12.3. The molecule has 0 bridgehead atoms. The molecule has 0 aliphatic rings. The summed E-state index contributed by atoms with van der Waals surface area (Å²) >= 11 is 0. The fourth-order valence-electron chi connectivity index (χ4n) is 1.81. The van der Waals surface area contributed by atoms with E-state index in [0.29, 0.717) is 17.1 Å². The number of rotatable bonds is 6. The molecule has 2 unspecified atom stereocenters. The van der Waals surface area contributed by atoms with E-state index in [1.165, 1.54) is 0 Å². The Labute approximate surface area is 140 Å². The van der Waals surface area contributed by atoms with E-state index in [1.807, 2.05) is 34.6 Å². The molecule has 0 aromatic heterocycles. The maximum absolute atomic E-state index is 12.3. The molecule has 128 valence electrons. The van der Waals surface area contributed by atoms with Gasteiger partial charge in [0.2, 0.25) is 11.8 Å². The van der Waals surface area contributed by atoms with E-state index in [2.05, 4.69) is 10.6 Å². The van der Waals surface area contributed by atoms with Crippen molar-refractivity contribution >= 4 is 28.3 Å². The fraction of sp³-hybridized carbons (Fsp3) is 0.529. The van der Waals surface area contributed by atoms with Gasteiger partial charge in [0.25, 0.3) is 0 Å². The van der Waals surface area contributed by atoms with Gasteiger partial charge in [0.15, 0.2) is 0 Å². The second-order valence-electron chi connectivity index (χ2n) is 6.55. The number of hydrogen-bond acceptors (Lipinski definition) is 3. The summed E-state index contributed by atoms with van der Waals surface area (Å²) in [5.41, 5.74) is 0.454. The van der Waals surface area contributed by atoms with Crippen LogP contribution >= 0.6 is 0 Å². The van der Waals surface area contributed by atoms with E-state index in [4.69, 9.17) is 0 Å². The van der Waals surface area contributed by atoms with Crippen molar-refractivity contribution in [2.75, 3.05) is 17.6 Å². The first-order chi connectivity index (χ1) is 10.6. The Morgan fingerprint density at radius 2 is 1.91 bits per heavy atom. The van der Waals surface area contributed by atoms with Crippen LogP contribution in [0.5, 0.6) is 0 Å². The van der Waals surface area contributed by atoms with Gasteiger partial charge >= 0.3 is 0 Å². The number of amides is 2. The Morgan fingerprint density at radius 3 is 2.48 bits per heavy atom. The minimum Gasteiger partial charge on any atom is -0.356 e. The molecule has 1 aromatic carbocycles. The molecule has 2 amide bonds. The Bertz CT molecular complexity index is 594.